The maximum Gasteiger partial charge on any atom is 0.275 e. The van der Waals surface area contributed by atoms with E-state index in [1.54, 1.807) is 6.07 Å². The predicted octanol–water partition coefficient (Wildman–Crippen LogP) is 2.74. The number of aromatic nitrogens is 3. The van der Waals surface area contributed by atoms with E-state index in [1.165, 1.54) is 22.2 Å². The summed E-state index contributed by atoms with van der Waals surface area (Å²) >= 11 is 1.20. The largest absolute Gasteiger partial charge is 0.377 e. The van der Waals surface area contributed by atoms with Crippen LogP contribution in [0.4, 0.5) is 11.5 Å². The second-order valence-corrected chi connectivity index (χ2v) is 9.76. The molecular formula is C19H19N5O3S2. The fourth-order valence-electron chi connectivity index (χ4n) is 3.09. The molecule has 0 bridgehead atoms. The number of benzene rings is 1. The first kappa shape index (κ1) is 19.3. The Labute approximate surface area is 171 Å². The van der Waals surface area contributed by atoms with Crippen molar-refractivity contribution in [3.8, 4) is 5.69 Å². The molecule has 0 saturated heterocycles. The van der Waals surface area contributed by atoms with Gasteiger partial charge in [-0.25, -0.2) is 18.4 Å². The Morgan fingerprint density at radius 1 is 1.17 bits per heavy atom. The molecule has 4 rings (SSSR count). The molecule has 0 spiro atoms. The second kappa shape index (κ2) is 6.82. The molecule has 1 N–H and O–H groups in total. The minimum atomic E-state index is -3.48. The van der Waals surface area contributed by atoms with E-state index in [-0.39, 0.29) is 11.4 Å². The summed E-state index contributed by atoms with van der Waals surface area (Å²) in [7, 11) is 0.206. The fourth-order valence-corrected chi connectivity index (χ4v) is 4.66. The van der Waals surface area contributed by atoms with Gasteiger partial charge in [0.1, 0.15) is 27.2 Å². The molecule has 0 atom stereocenters. The van der Waals surface area contributed by atoms with Gasteiger partial charge in [-0.2, -0.15) is 0 Å². The lowest BCUT2D eigenvalue weighted by molar-refractivity contribution is 0.606. The quantitative estimate of drug-likeness (QED) is 0.536. The zero-order valence-electron chi connectivity index (χ0n) is 16.3. The van der Waals surface area contributed by atoms with Crippen molar-refractivity contribution in [2.24, 2.45) is 0 Å². The zero-order chi connectivity index (χ0) is 20.9. The number of fused-ring (bicyclic) bond motifs is 3. The van der Waals surface area contributed by atoms with Gasteiger partial charge in [0.05, 0.1) is 23.0 Å². The van der Waals surface area contributed by atoms with Crippen LogP contribution in [0.1, 0.15) is 5.56 Å². The maximum absolute atomic E-state index is 13.2. The maximum atomic E-state index is 13.2. The standard InChI is InChI=1S/C19H19N5O3S2/c1-11-5-7-12(8-6-11)24-10-20-16-15-13(23(2)3)9-14(22-29(4,26)27)21-18(15)28-17(16)19(24)25/h5-10H,1-4H3,(H,21,22). The van der Waals surface area contributed by atoms with E-state index in [1.807, 2.05) is 50.2 Å². The van der Waals surface area contributed by atoms with E-state index in [2.05, 4.69) is 14.7 Å². The zero-order valence-corrected chi connectivity index (χ0v) is 17.9. The minimum absolute atomic E-state index is 0.191. The van der Waals surface area contributed by atoms with Gasteiger partial charge in [0.25, 0.3) is 5.56 Å². The van der Waals surface area contributed by atoms with Gasteiger partial charge in [-0.05, 0) is 19.1 Å². The third-order valence-corrected chi connectivity index (χ3v) is 6.06. The highest BCUT2D eigenvalue weighted by molar-refractivity contribution is 7.92. The third-order valence-electron chi connectivity index (χ3n) is 4.42. The molecule has 0 aliphatic heterocycles. The van der Waals surface area contributed by atoms with Crippen LogP contribution in [0.25, 0.3) is 26.1 Å². The minimum Gasteiger partial charge on any atom is -0.377 e. The van der Waals surface area contributed by atoms with Crippen molar-refractivity contribution in [1.82, 2.24) is 14.5 Å². The highest BCUT2D eigenvalue weighted by atomic mass is 32.2. The topological polar surface area (TPSA) is 97.2 Å². The summed E-state index contributed by atoms with van der Waals surface area (Å²) in [5, 5.41) is 0.724. The molecular weight excluding hydrogens is 410 g/mol. The summed E-state index contributed by atoms with van der Waals surface area (Å²) < 4.78 is 27.7. The fraction of sp³-hybridized carbons (Fsp3) is 0.211. The van der Waals surface area contributed by atoms with Crippen LogP contribution in [0.3, 0.4) is 0 Å². The molecule has 0 saturated carbocycles. The van der Waals surface area contributed by atoms with Crippen LogP contribution < -0.4 is 15.2 Å². The van der Waals surface area contributed by atoms with Crippen molar-refractivity contribution in [3.63, 3.8) is 0 Å². The molecule has 3 aromatic heterocycles. The van der Waals surface area contributed by atoms with Crippen LogP contribution in [-0.4, -0.2) is 43.3 Å². The van der Waals surface area contributed by atoms with Crippen molar-refractivity contribution in [1.29, 1.82) is 0 Å². The van der Waals surface area contributed by atoms with Crippen molar-refractivity contribution in [2.45, 2.75) is 6.92 Å². The van der Waals surface area contributed by atoms with E-state index >= 15 is 0 Å². The van der Waals surface area contributed by atoms with Crippen LogP contribution in [0.15, 0.2) is 41.5 Å². The first-order valence-electron chi connectivity index (χ1n) is 8.71. The number of hydrogen-bond donors (Lipinski definition) is 1. The number of nitrogens with one attached hydrogen (secondary N) is 1. The molecule has 0 amide bonds. The van der Waals surface area contributed by atoms with Crippen LogP contribution in [-0.2, 0) is 10.0 Å². The van der Waals surface area contributed by atoms with Crippen molar-refractivity contribution < 1.29 is 8.42 Å². The highest BCUT2D eigenvalue weighted by Crippen LogP contribution is 2.37. The van der Waals surface area contributed by atoms with Crippen LogP contribution in [0.5, 0.6) is 0 Å². The molecule has 8 nitrogen and oxygen atoms in total. The first-order valence-corrected chi connectivity index (χ1v) is 11.4. The summed E-state index contributed by atoms with van der Waals surface area (Å²) in [5.74, 6) is 0.203. The van der Waals surface area contributed by atoms with E-state index in [9.17, 15) is 13.2 Å². The number of thiophene rings is 1. The first-order chi connectivity index (χ1) is 13.6. The SMILES string of the molecule is Cc1ccc(-n2cnc3c(sc4nc(NS(C)(=O)=O)cc(N(C)C)c43)c2=O)cc1. The number of hydrogen-bond acceptors (Lipinski definition) is 7. The number of anilines is 2. The van der Waals surface area contributed by atoms with Gasteiger partial charge in [0.15, 0.2) is 0 Å². The smallest absolute Gasteiger partial charge is 0.275 e. The summed E-state index contributed by atoms with van der Waals surface area (Å²) in [6, 6.07) is 9.25. The molecule has 0 aliphatic carbocycles. The number of nitrogens with zero attached hydrogens (tertiary/aromatic N) is 4. The number of aryl methyl sites for hydroxylation is 1. The van der Waals surface area contributed by atoms with Crippen molar-refractivity contribution in [2.75, 3.05) is 30.0 Å². The lowest BCUT2D eigenvalue weighted by Gasteiger charge is -2.15. The van der Waals surface area contributed by atoms with Crippen LogP contribution in [0.2, 0.25) is 0 Å². The Bertz CT molecular complexity index is 1400. The highest BCUT2D eigenvalue weighted by Gasteiger charge is 2.19. The van der Waals surface area contributed by atoms with E-state index in [0.717, 1.165) is 28.6 Å². The van der Waals surface area contributed by atoms with Gasteiger partial charge in [-0.15, -0.1) is 11.3 Å². The molecule has 0 aliphatic rings. The molecule has 0 fully saturated rings. The Kier molecular flexibility index (Phi) is 4.55. The average Bonchev–Trinajstić information content (AvgIpc) is 3.00. The van der Waals surface area contributed by atoms with Gasteiger partial charge in [-0.1, -0.05) is 17.7 Å². The number of sulfonamides is 1. The average molecular weight is 430 g/mol. The van der Waals surface area contributed by atoms with E-state index < -0.39 is 10.0 Å². The Morgan fingerprint density at radius 3 is 2.48 bits per heavy atom. The molecule has 29 heavy (non-hydrogen) atoms. The summed E-state index contributed by atoms with van der Waals surface area (Å²) in [6.45, 7) is 1.98. The number of pyridine rings is 1. The lowest BCUT2D eigenvalue weighted by atomic mass is 10.2. The van der Waals surface area contributed by atoms with Gasteiger partial charge in [0.2, 0.25) is 10.0 Å². The number of rotatable bonds is 4. The van der Waals surface area contributed by atoms with Gasteiger partial charge in [-0.3, -0.25) is 14.1 Å². The van der Waals surface area contributed by atoms with E-state index in [4.69, 9.17) is 0 Å². The van der Waals surface area contributed by atoms with Crippen LogP contribution >= 0.6 is 11.3 Å². The Balaban J connectivity index is 2.00. The van der Waals surface area contributed by atoms with Gasteiger partial charge < -0.3 is 4.90 Å². The van der Waals surface area contributed by atoms with Crippen LogP contribution in [0, 0.1) is 6.92 Å². The summed E-state index contributed by atoms with van der Waals surface area (Å²) in [4.78, 5) is 24.5. The van der Waals surface area contributed by atoms with Crippen molar-refractivity contribution >= 4 is 53.3 Å². The lowest BCUT2D eigenvalue weighted by Crippen LogP contribution is -2.17. The molecule has 150 valence electrons. The van der Waals surface area contributed by atoms with Gasteiger partial charge >= 0.3 is 0 Å². The summed E-state index contributed by atoms with van der Waals surface area (Å²) in [6.07, 6.45) is 2.59. The predicted molar refractivity (Wildman–Crippen MR) is 118 cm³/mol. The Morgan fingerprint density at radius 2 is 1.86 bits per heavy atom. The normalized spacial score (nSPS) is 11.9. The second-order valence-electron chi connectivity index (χ2n) is 7.01. The molecule has 4 aromatic rings. The molecule has 10 heteroatoms. The van der Waals surface area contributed by atoms with Gasteiger partial charge in [0, 0.05) is 20.2 Å². The molecule has 0 radical (unpaired) electrons. The monoisotopic (exact) mass is 429 g/mol. The third kappa shape index (κ3) is 3.56. The van der Waals surface area contributed by atoms with Crippen molar-refractivity contribution in [3.05, 3.63) is 52.6 Å². The Hall–Kier alpha value is -2.98. The summed E-state index contributed by atoms with van der Waals surface area (Å²) in [5.41, 5.74) is 2.92. The molecule has 1 aromatic carbocycles. The van der Waals surface area contributed by atoms with E-state index in [0.29, 0.717) is 15.0 Å². The molecule has 0 unspecified atom stereocenters. The molecule has 3 heterocycles.